The fourth-order valence-corrected chi connectivity index (χ4v) is 4.70. The van der Waals surface area contributed by atoms with E-state index in [2.05, 4.69) is 17.1 Å². The van der Waals surface area contributed by atoms with Gasteiger partial charge in [0.15, 0.2) is 0 Å². The van der Waals surface area contributed by atoms with E-state index in [0.717, 1.165) is 41.0 Å². The number of nitrogens with one attached hydrogen (secondary N) is 1. The van der Waals surface area contributed by atoms with E-state index in [9.17, 15) is 17.6 Å². The maximum Gasteiger partial charge on any atom is 0.241 e. The second-order valence-corrected chi connectivity index (χ2v) is 10.3. The van der Waals surface area contributed by atoms with Crippen LogP contribution in [0.2, 0.25) is 5.02 Å². The third-order valence-electron chi connectivity index (χ3n) is 5.33. The number of rotatable bonds is 7. The molecule has 168 valence electrons. The van der Waals surface area contributed by atoms with E-state index in [0.29, 0.717) is 5.92 Å². The molecule has 1 fully saturated rings. The van der Waals surface area contributed by atoms with Gasteiger partial charge in [0.25, 0.3) is 0 Å². The van der Waals surface area contributed by atoms with E-state index in [4.69, 9.17) is 11.6 Å². The summed E-state index contributed by atoms with van der Waals surface area (Å²) in [5.74, 6) is -0.452. The molecule has 1 N–H and O–H groups in total. The number of sulfonamides is 1. The van der Waals surface area contributed by atoms with Crippen LogP contribution in [-0.2, 0) is 21.4 Å². The van der Waals surface area contributed by atoms with E-state index in [1.165, 1.54) is 25.0 Å². The predicted octanol–water partition coefficient (Wildman–Crippen LogP) is 3.80. The predicted molar refractivity (Wildman–Crippen MR) is 122 cm³/mol. The molecule has 0 saturated carbocycles. The van der Waals surface area contributed by atoms with Crippen molar-refractivity contribution in [2.45, 2.75) is 26.3 Å². The van der Waals surface area contributed by atoms with Gasteiger partial charge in [-0.2, -0.15) is 0 Å². The van der Waals surface area contributed by atoms with Crippen molar-refractivity contribution in [2.75, 3.05) is 35.1 Å². The second kappa shape index (κ2) is 9.87. The molecule has 31 heavy (non-hydrogen) atoms. The Hall–Kier alpha value is -2.32. The zero-order valence-electron chi connectivity index (χ0n) is 17.6. The molecule has 1 aliphatic rings. The van der Waals surface area contributed by atoms with Crippen LogP contribution < -0.4 is 14.5 Å². The number of hydrogen-bond donors (Lipinski definition) is 1. The second-order valence-electron chi connectivity index (χ2n) is 8.00. The van der Waals surface area contributed by atoms with Gasteiger partial charge in [0.05, 0.1) is 17.0 Å². The first-order valence-corrected chi connectivity index (χ1v) is 12.4. The average Bonchev–Trinajstić information content (AvgIpc) is 2.72. The highest BCUT2D eigenvalue weighted by atomic mass is 35.5. The molecule has 0 bridgehead atoms. The Morgan fingerprint density at radius 2 is 1.97 bits per heavy atom. The fraction of sp³-hybridized carbons (Fsp3) is 0.409. The van der Waals surface area contributed by atoms with Gasteiger partial charge in [-0.1, -0.05) is 30.7 Å². The van der Waals surface area contributed by atoms with Crippen molar-refractivity contribution < 1.29 is 17.6 Å². The molecule has 1 atom stereocenters. The molecule has 0 aliphatic carbocycles. The van der Waals surface area contributed by atoms with Gasteiger partial charge in [-0.05, 0) is 54.7 Å². The van der Waals surface area contributed by atoms with Crippen molar-refractivity contribution in [1.29, 1.82) is 0 Å². The molecule has 2 aromatic rings. The molecule has 6 nitrogen and oxygen atoms in total. The highest BCUT2D eigenvalue weighted by molar-refractivity contribution is 7.92. The van der Waals surface area contributed by atoms with E-state index < -0.39 is 28.3 Å². The molecule has 1 aliphatic heterocycles. The lowest BCUT2D eigenvalue weighted by molar-refractivity contribution is -0.119. The van der Waals surface area contributed by atoms with E-state index in [-0.39, 0.29) is 17.3 Å². The van der Waals surface area contributed by atoms with E-state index in [1.807, 2.05) is 24.3 Å². The minimum Gasteiger partial charge on any atom is -0.371 e. The number of hydrogen-bond acceptors (Lipinski definition) is 4. The number of benzene rings is 2. The van der Waals surface area contributed by atoms with Crippen LogP contribution in [0.3, 0.4) is 0 Å². The maximum absolute atomic E-state index is 13.4. The Morgan fingerprint density at radius 1 is 1.26 bits per heavy atom. The van der Waals surface area contributed by atoms with Crippen LogP contribution in [0, 0.1) is 11.7 Å². The highest BCUT2D eigenvalue weighted by Gasteiger charge is 2.22. The van der Waals surface area contributed by atoms with Gasteiger partial charge < -0.3 is 10.2 Å². The number of anilines is 2. The summed E-state index contributed by atoms with van der Waals surface area (Å²) in [5, 5.41) is 2.52. The van der Waals surface area contributed by atoms with Gasteiger partial charge in [-0.25, -0.2) is 12.8 Å². The van der Waals surface area contributed by atoms with Crippen molar-refractivity contribution >= 4 is 38.9 Å². The quantitative estimate of drug-likeness (QED) is 0.672. The van der Waals surface area contributed by atoms with Crippen molar-refractivity contribution in [3.8, 4) is 0 Å². The van der Waals surface area contributed by atoms with Crippen molar-refractivity contribution in [3.63, 3.8) is 0 Å². The van der Waals surface area contributed by atoms with Crippen LogP contribution in [0.5, 0.6) is 0 Å². The molecule has 0 aromatic heterocycles. The SMILES string of the molecule is CC1CCCN(c2ccc(CNC(=O)CN(c3ccc(F)c(Cl)c3)S(C)(=O)=O)cc2)C1. The summed E-state index contributed by atoms with van der Waals surface area (Å²) in [6, 6.07) is 11.5. The summed E-state index contributed by atoms with van der Waals surface area (Å²) in [6.07, 6.45) is 3.43. The van der Waals surface area contributed by atoms with Crippen LogP contribution in [-0.4, -0.2) is 40.2 Å². The first-order valence-electron chi connectivity index (χ1n) is 10.2. The van der Waals surface area contributed by atoms with Crippen LogP contribution >= 0.6 is 11.6 Å². The molecule has 0 spiro atoms. The van der Waals surface area contributed by atoms with Crippen LogP contribution in [0.1, 0.15) is 25.3 Å². The van der Waals surface area contributed by atoms with Crippen LogP contribution in [0.25, 0.3) is 0 Å². The number of carbonyl (C=O) groups is 1. The van der Waals surface area contributed by atoms with Gasteiger partial charge in [0.1, 0.15) is 12.4 Å². The van der Waals surface area contributed by atoms with Gasteiger partial charge in [0, 0.05) is 25.3 Å². The largest absolute Gasteiger partial charge is 0.371 e. The number of nitrogens with zero attached hydrogens (tertiary/aromatic N) is 2. The lowest BCUT2D eigenvalue weighted by atomic mass is 9.99. The Bertz CT molecular complexity index is 1030. The van der Waals surface area contributed by atoms with E-state index in [1.54, 1.807) is 0 Å². The summed E-state index contributed by atoms with van der Waals surface area (Å²) in [4.78, 5) is 14.8. The monoisotopic (exact) mass is 467 g/mol. The number of carbonyl (C=O) groups excluding carboxylic acids is 1. The van der Waals surface area contributed by atoms with Gasteiger partial charge in [0.2, 0.25) is 15.9 Å². The summed E-state index contributed by atoms with van der Waals surface area (Å²) in [7, 11) is -3.76. The molecule has 1 unspecified atom stereocenters. The van der Waals surface area contributed by atoms with Gasteiger partial charge >= 0.3 is 0 Å². The molecular weight excluding hydrogens is 441 g/mol. The first-order chi connectivity index (χ1) is 14.6. The molecule has 1 amide bonds. The smallest absolute Gasteiger partial charge is 0.241 e. The van der Waals surface area contributed by atoms with Gasteiger partial charge in [-0.3, -0.25) is 9.10 Å². The van der Waals surface area contributed by atoms with Gasteiger partial charge in [-0.15, -0.1) is 0 Å². The lowest BCUT2D eigenvalue weighted by Gasteiger charge is -2.32. The number of piperidine rings is 1. The summed E-state index contributed by atoms with van der Waals surface area (Å²) >= 11 is 5.76. The summed E-state index contributed by atoms with van der Waals surface area (Å²) < 4.78 is 38.6. The molecule has 2 aromatic carbocycles. The standard InChI is InChI=1S/C22H27ClFN3O3S/c1-16-4-3-11-26(14-16)18-7-5-17(6-8-18)13-25-22(28)15-27(31(2,29)30)19-9-10-21(24)20(23)12-19/h5-10,12,16H,3-4,11,13-15H2,1-2H3,(H,25,28). The normalized spacial score (nSPS) is 16.8. The summed E-state index contributed by atoms with van der Waals surface area (Å²) in [5.41, 5.74) is 2.21. The van der Waals surface area contributed by atoms with Crippen molar-refractivity contribution in [1.82, 2.24) is 5.32 Å². The molecule has 1 heterocycles. The lowest BCUT2D eigenvalue weighted by Crippen LogP contribution is -2.40. The maximum atomic E-state index is 13.4. The number of halogens is 2. The molecular formula is C22H27ClFN3O3S. The highest BCUT2D eigenvalue weighted by Crippen LogP contribution is 2.25. The minimum absolute atomic E-state index is 0.129. The molecule has 3 rings (SSSR count). The first kappa shape index (κ1) is 23.3. The molecule has 1 saturated heterocycles. The average molecular weight is 468 g/mol. The van der Waals surface area contributed by atoms with Crippen LogP contribution in [0.4, 0.5) is 15.8 Å². The van der Waals surface area contributed by atoms with E-state index >= 15 is 0 Å². The van der Waals surface area contributed by atoms with Crippen molar-refractivity contribution in [2.24, 2.45) is 5.92 Å². The fourth-order valence-electron chi connectivity index (χ4n) is 3.68. The molecule has 9 heteroatoms. The number of amides is 1. The minimum atomic E-state index is -3.76. The van der Waals surface area contributed by atoms with Crippen LogP contribution in [0.15, 0.2) is 42.5 Å². The Morgan fingerprint density at radius 3 is 2.58 bits per heavy atom. The Labute approximate surface area is 188 Å². The zero-order chi connectivity index (χ0) is 22.6. The zero-order valence-corrected chi connectivity index (χ0v) is 19.2. The Kier molecular flexibility index (Phi) is 7.43. The summed E-state index contributed by atoms with van der Waals surface area (Å²) in [6.45, 7) is 4.21. The third kappa shape index (κ3) is 6.33. The molecule has 0 radical (unpaired) electrons. The Balaban J connectivity index is 1.60. The third-order valence-corrected chi connectivity index (χ3v) is 6.76. The van der Waals surface area contributed by atoms with Crippen molar-refractivity contribution in [3.05, 3.63) is 58.9 Å². The topological polar surface area (TPSA) is 69.7 Å².